The molecule has 0 aliphatic heterocycles. The van der Waals surface area contributed by atoms with Crippen molar-refractivity contribution >= 4 is 10.1 Å². The highest BCUT2D eigenvalue weighted by molar-refractivity contribution is 7.86. The molecule has 8 heteroatoms. The molecular formula is C27H29NO6S. The summed E-state index contributed by atoms with van der Waals surface area (Å²) in [6, 6.07) is 30.3. The number of rotatable bonds is 14. The van der Waals surface area contributed by atoms with Gasteiger partial charge in [-0.2, -0.15) is 13.7 Å². The molecular weight excluding hydrogens is 466 g/mol. The second-order valence-electron chi connectivity index (χ2n) is 7.95. The average Bonchev–Trinajstić information content (AvgIpc) is 2.86. The van der Waals surface area contributed by atoms with Gasteiger partial charge in [0.25, 0.3) is 10.1 Å². The maximum Gasteiger partial charge on any atom is 0.264 e. The Morgan fingerprint density at radius 1 is 0.743 bits per heavy atom. The lowest BCUT2D eigenvalue weighted by molar-refractivity contribution is -0.122. The SMILES string of the molecule is CS(=O)(=O)O[C@H](COCc1ccccc1)[C@@H](OCc1ccccc1)[C@@H](C#N)OCc1ccccc1. The van der Waals surface area contributed by atoms with Gasteiger partial charge in [-0.25, -0.2) is 0 Å². The molecule has 0 spiro atoms. The summed E-state index contributed by atoms with van der Waals surface area (Å²) >= 11 is 0. The third-order valence-corrected chi connectivity index (χ3v) is 5.64. The summed E-state index contributed by atoms with van der Waals surface area (Å²) in [5, 5.41) is 9.92. The van der Waals surface area contributed by atoms with E-state index in [2.05, 4.69) is 6.07 Å². The summed E-state index contributed by atoms with van der Waals surface area (Å²) in [5.74, 6) is 0. The maximum atomic E-state index is 12.1. The van der Waals surface area contributed by atoms with Crippen LogP contribution in [0.5, 0.6) is 0 Å². The van der Waals surface area contributed by atoms with Crippen molar-refractivity contribution in [1.29, 1.82) is 5.26 Å². The Morgan fingerprint density at radius 2 is 1.20 bits per heavy atom. The summed E-state index contributed by atoms with van der Waals surface area (Å²) in [5.41, 5.74) is 2.65. The van der Waals surface area contributed by atoms with E-state index in [1.807, 2.05) is 91.0 Å². The molecule has 0 amide bonds. The Hall–Kier alpha value is -3.06. The van der Waals surface area contributed by atoms with Crippen molar-refractivity contribution in [2.75, 3.05) is 12.9 Å². The molecule has 0 aromatic heterocycles. The monoisotopic (exact) mass is 495 g/mol. The van der Waals surface area contributed by atoms with Crippen LogP contribution in [0.4, 0.5) is 0 Å². The first-order valence-corrected chi connectivity index (χ1v) is 13.0. The largest absolute Gasteiger partial charge is 0.374 e. The van der Waals surface area contributed by atoms with Crippen molar-refractivity contribution in [3.8, 4) is 6.07 Å². The number of hydrogen-bond acceptors (Lipinski definition) is 7. The topological polar surface area (TPSA) is 94.9 Å². The van der Waals surface area contributed by atoms with Crippen LogP contribution in [-0.4, -0.2) is 39.6 Å². The van der Waals surface area contributed by atoms with E-state index in [4.69, 9.17) is 18.4 Å². The molecule has 184 valence electrons. The molecule has 3 aromatic carbocycles. The summed E-state index contributed by atoms with van der Waals surface area (Å²) in [6.07, 6.45) is -2.28. The summed E-state index contributed by atoms with van der Waals surface area (Å²) < 4.78 is 47.2. The van der Waals surface area contributed by atoms with Gasteiger partial charge in [-0.15, -0.1) is 0 Å². The number of ether oxygens (including phenoxy) is 3. The molecule has 0 heterocycles. The van der Waals surface area contributed by atoms with E-state index >= 15 is 0 Å². The lowest BCUT2D eigenvalue weighted by atomic mass is 10.1. The number of nitrogens with zero attached hydrogens (tertiary/aromatic N) is 1. The first kappa shape index (κ1) is 26.5. The van der Waals surface area contributed by atoms with Crippen molar-refractivity contribution in [3.63, 3.8) is 0 Å². The van der Waals surface area contributed by atoms with Gasteiger partial charge in [0, 0.05) is 0 Å². The fourth-order valence-corrected chi connectivity index (χ4v) is 4.01. The fraction of sp³-hybridized carbons (Fsp3) is 0.296. The van der Waals surface area contributed by atoms with Crippen molar-refractivity contribution in [2.45, 2.75) is 38.1 Å². The van der Waals surface area contributed by atoms with E-state index in [1.165, 1.54) is 0 Å². The van der Waals surface area contributed by atoms with E-state index in [1.54, 1.807) is 0 Å². The zero-order valence-electron chi connectivity index (χ0n) is 19.5. The Bertz CT molecular complexity index is 1150. The molecule has 3 atom stereocenters. The summed E-state index contributed by atoms with van der Waals surface area (Å²) in [6.45, 7) is 0.424. The van der Waals surface area contributed by atoms with E-state index in [9.17, 15) is 13.7 Å². The molecule has 0 saturated carbocycles. The van der Waals surface area contributed by atoms with E-state index in [-0.39, 0.29) is 26.4 Å². The Balaban J connectivity index is 1.79. The number of hydrogen-bond donors (Lipinski definition) is 0. The zero-order chi connectivity index (χ0) is 24.9. The first-order valence-electron chi connectivity index (χ1n) is 11.1. The molecule has 0 bridgehead atoms. The van der Waals surface area contributed by atoms with Crippen molar-refractivity contribution in [1.82, 2.24) is 0 Å². The van der Waals surface area contributed by atoms with E-state index in [0.29, 0.717) is 0 Å². The van der Waals surface area contributed by atoms with Gasteiger partial charge in [0.2, 0.25) is 0 Å². The maximum absolute atomic E-state index is 12.1. The molecule has 3 rings (SSSR count). The summed E-state index contributed by atoms with van der Waals surface area (Å²) in [4.78, 5) is 0. The molecule has 0 aliphatic rings. The normalized spacial score (nSPS) is 14.1. The van der Waals surface area contributed by atoms with Crippen LogP contribution in [0, 0.1) is 11.3 Å². The second kappa shape index (κ2) is 13.7. The summed E-state index contributed by atoms with van der Waals surface area (Å²) in [7, 11) is -3.88. The van der Waals surface area contributed by atoms with Gasteiger partial charge in [-0.05, 0) is 16.7 Å². The van der Waals surface area contributed by atoms with Crippen LogP contribution in [0.3, 0.4) is 0 Å². The van der Waals surface area contributed by atoms with Crippen LogP contribution in [-0.2, 0) is 48.3 Å². The first-order chi connectivity index (χ1) is 16.9. The van der Waals surface area contributed by atoms with Crippen molar-refractivity contribution < 1.29 is 26.8 Å². The van der Waals surface area contributed by atoms with Crippen LogP contribution in [0.15, 0.2) is 91.0 Å². The van der Waals surface area contributed by atoms with Gasteiger partial charge in [0.05, 0.1) is 38.8 Å². The Kier molecular flexibility index (Phi) is 10.4. The van der Waals surface area contributed by atoms with Gasteiger partial charge >= 0.3 is 0 Å². The molecule has 0 saturated heterocycles. The lowest BCUT2D eigenvalue weighted by Crippen LogP contribution is -2.45. The molecule has 7 nitrogen and oxygen atoms in total. The minimum Gasteiger partial charge on any atom is -0.374 e. The van der Waals surface area contributed by atoms with Gasteiger partial charge in [0.1, 0.15) is 12.2 Å². The quantitative estimate of drug-likeness (QED) is 0.309. The highest BCUT2D eigenvalue weighted by Gasteiger charge is 2.35. The van der Waals surface area contributed by atoms with Crippen molar-refractivity contribution in [2.24, 2.45) is 0 Å². The highest BCUT2D eigenvalue weighted by Crippen LogP contribution is 2.19. The Labute approximate surface area is 207 Å². The average molecular weight is 496 g/mol. The highest BCUT2D eigenvalue weighted by atomic mass is 32.2. The predicted molar refractivity (Wildman–Crippen MR) is 131 cm³/mol. The molecule has 0 radical (unpaired) electrons. The molecule has 35 heavy (non-hydrogen) atoms. The van der Waals surface area contributed by atoms with Crippen LogP contribution in [0.25, 0.3) is 0 Å². The van der Waals surface area contributed by atoms with Gasteiger partial charge < -0.3 is 14.2 Å². The standard InChI is InChI=1S/C27H29NO6S/c1-35(29,30)34-26(21-31-18-22-11-5-2-6-12-22)27(33-20-24-15-9-4-10-16-24)25(17-28)32-19-23-13-7-3-8-14-23/h2-16,25-27H,18-21H2,1H3/t25-,26-,27+/m1/s1. The molecule has 0 N–H and O–H groups in total. The predicted octanol–water partition coefficient (Wildman–Crippen LogP) is 4.24. The smallest absolute Gasteiger partial charge is 0.264 e. The third-order valence-electron chi connectivity index (χ3n) is 5.04. The molecule has 0 fully saturated rings. The van der Waals surface area contributed by atoms with Gasteiger partial charge in [-0.3, -0.25) is 4.18 Å². The Morgan fingerprint density at radius 3 is 1.66 bits per heavy atom. The third kappa shape index (κ3) is 9.61. The second-order valence-corrected chi connectivity index (χ2v) is 9.55. The van der Waals surface area contributed by atoms with Crippen molar-refractivity contribution in [3.05, 3.63) is 108 Å². The lowest BCUT2D eigenvalue weighted by Gasteiger charge is -2.29. The van der Waals surface area contributed by atoms with Gasteiger partial charge in [0.15, 0.2) is 6.10 Å². The fourth-order valence-electron chi connectivity index (χ4n) is 3.39. The van der Waals surface area contributed by atoms with Crippen LogP contribution in [0.2, 0.25) is 0 Å². The minimum atomic E-state index is -3.88. The van der Waals surface area contributed by atoms with E-state index < -0.39 is 28.4 Å². The van der Waals surface area contributed by atoms with Crippen LogP contribution >= 0.6 is 0 Å². The molecule has 0 unspecified atom stereocenters. The van der Waals surface area contributed by atoms with Crippen LogP contribution < -0.4 is 0 Å². The molecule has 0 aliphatic carbocycles. The number of nitriles is 1. The molecule has 3 aromatic rings. The van der Waals surface area contributed by atoms with E-state index in [0.717, 1.165) is 22.9 Å². The minimum absolute atomic E-state index is 0.117. The van der Waals surface area contributed by atoms with Crippen LogP contribution in [0.1, 0.15) is 16.7 Å². The van der Waals surface area contributed by atoms with Gasteiger partial charge in [-0.1, -0.05) is 91.0 Å². The zero-order valence-corrected chi connectivity index (χ0v) is 20.3. The number of benzene rings is 3.